The van der Waals surface area contributed by atoms with Crippen molar-refractivity contribution >= 4 is 17.1 Å². The lowest BCUT2D eigenvalue weighted by Crippen LogP contribution is -2.14. The Kier molecular flexibility index (Phi) is 23.0. The van der Waals surface area contributed by atoms with Crippen LogP contribution in [0, 0.1) is 19.7 Å². The third-order valence-corrected chi connectivity index (χ3v) is 27.5. The molecule has 24 rings (SSSR count). The van der Waals surface area contributed by atoms with Gasteiger partial charge in [0.05, 0.1) is 19.7 Å². The van der Waals surface area contributed by atoms with Crippen molar-refractivity contribution < 1.29 is 0 Å². The van der Waals surface area contributed by atoms with E-state index in [0.29, 0.717) is 69.5 Å². The van der Waals surface area contributed by atoms with Crippen molar-refractivity contribution in [2.45, 2.75) is 57.8 Å². The summed E-state index contributed by atoms with van der Waals surface area (Å²) >= 11 is 0. The smallest absolute Gasteiger partial charge is 0.195 e. The van der Waals surface area contributed by atoms with Crippen LogP contribution in [0.25, 0.3) is 217 Å². The molecule has 0 saturated carbocycles. The fraction of sp³-hybridized carbons (Fsp3) is 0.0698. The Morgan fingerprint density at radius 1 is 0.156 bits per heavy atom. The summed E-state index contributed by atoms with van der Waals surface area (Å²) in [7, 11) is 0. The molecular weight excluding hydrogens is 1720 g/mol. The second kappa shape index (κ2) is 36.9. The molecule has 21 aromatic rings. The standard InChI is InChI=1S/C49H34N4.C43H30N4.C37H26N4/c1-49(2)43-27-26-40(50-3)31-42(43)45-41(24-13-25-44(45)49)36-20-12-23-39(30-36)48-52-46(37-21-10-18-34(28-37)32-14-6-4-7-15-32)51-47(53-48)38-22-11-19-35(29-38)33-16-8-5-9-17-33;1-43(2)36-18-11-19-38(44-3)39(36)35-25-24-33(27-37(35)43)32-16-10-17-34(26-32)42-46-40(30-14-8-5-9-15-30)45-41(47-42)31-22-20-29(21-23-31)28-12-6-4-7-13-28;1-37(2)30-18-11-19-32(38-3)33(30)29-21-20-27(23-31(29)37)26-16-10-17-28(22-26)36-40-34(24-12-6-4-7-13-24)39-35(41-36)25-14-8-5-9-15-25/h4-31H,1-2H3;4-27H,1-2H3;4-23H,1-2H3. The maximum absolute atomic E-state index is 7.76. The molecular formula is C129H90N12. The van der Waals surface area contributed by atoms with E-state index in [0.717, 1.165) is 139 Å². The summed E-state index contributed by atoms with van der Waals surface area (Å²) in [5, 5.41) is 0. The molecule has 0 N–H and O–H groups in total. The molecule has 0 saturated heterocycles. The third-order valence-electron chi connectivity index (χ3n) is 27.5. The zero-order valence-electron chi connectivity index (χ0n) is 78.4. The summed E-state index contributed by atoms with van der Waals surface area (Å²) in [6, 6.07) is 150. The van der Waals surface area contributed by atoms with E-state index in [9.17, 15) is 0 Å². The van der Waals surface area contributed by atoms with Gasteiger partial charge in [-0.2, -0.15) is 0 Å². The van der Waals surface area contributed by atoms with Gasteiger partial charge in [-0.05, 0) is 182 Å². The first-order valence-corrected chi connectivity index (χ1v) is 47.2. The van der Waals surface area contributed by atoms with Crippen LogP contribution in [0.2, 0.25) is 0 Å². The largest absolute Gasteiger partial charge is 0.238 e. The highest BCUT2D eigenvalue weighted by Crippen LogP contribution is 2.57. The Hall–Kier alpha value is -18.5. The van der Waals surface area contributed by atoms with E-state index in [1.165, 1.54) is 44.5 Å². The van der Waals surface area contributed by atoms with Gasteiger partial charge < -0.3 is 0 Å². The molecule has 12 heteroatoms. The topological polar surface area (TPSA) is 129 Å². The van der Waals surface area contributed by atoms with Gasteiger partial charge in [-0.3, -0.25) is 0 Å². The Bertz CT molecular complexity index is 8420. The molecule has 666 valence electrons. The van der Waals surface area contributed by atoms with E-state index in [1.807, 2.05) is 146 Å². The van der Waals surface area contributed by atoms with Crippen LogP contribution in [0.1, 0.15) is 74.9 Å². The molecule has 3 aromatic heterocycles. The lowest BCUT2D eigenvalue weighted by molar-refractivity contribution is 0.660. The summed E-state index contributed by atoms with van der Waals surface area (Å²) in [6.07, 6.45) is 0. The maximum Gasteiger partial charge on any atom is 0.195 e. The van der Waals surface area contributed by atoms with Crippen molar-refractivity contribution in [3.63, 3.8) is 0 Å². The van der Waals surface area contributed by atoms with Gasteiger partial charge in [0.1, 0.15) is 0 Å². The van der Waals surface area contributed by atoms with E-state index >= 15 is 0 Å². The third kappa shape index (κ3) is 16.9. The van der Waals surface area contributed by atoms with Gasteiger partial charge in [0.25, 0.3) is 0 Å². The van der Waals surface area contributed by atoms with E-state index in [-0.39, 0.29) is 16.2 Å². The van der Waals surface area contributed by atoms with Crippen molar-refractivity contribution in [3.8, 4) is 203 Å². The SMILES string of the molecule is [C-]#[N+]c1ccc2c(c1)-c1c(-c3cccc(-c4nc(-c5cccc(-c6ccccc6)c5)nc(-c5cccc(-c6ccccc6)c5)n4)c3)cccc1C2(C)C.[C-]#[N+]c1cccc2c1-c1ccc(-c3cccc(-c4nc(-c5ccccc5)nc(-c5ccc(-c6ccccc6)cc5)n4)c3)cc1C2(C)C.[C-]#[N+]c1cccc2c1-c1ccc(-c3cccc(-c4nc(-c5ccccc5)nc(-c5ccccc5)n4)c3)cc1C2(C)C. The zero-order valence-corrected chi connectivity index (χ0v) is 78.4. The summed E-state index contributed by atoms with van der Waals surface area (Å²) in [4.78, 5) is 56.4. The maximum atomic E-state index is 7.76. The molecule has 0 aliphatic heterocycles. The number of hydrogen-bond donors (Lipinski definition) is 0. The summed E-state index contributed by atoms with van der Waals surface area (Å²) in [6.45, 7) is 36.7. The molecule has 0 radical (unpaired) electrons. The monoisotopic (exact) mass is 1810 g/mol. The number of aromatic nitrogens is 9. The van der Waals surface area contributed by atoms with E-state index < -0.39 is 0 Å². The average molecular weight is 1810 g/mol. The lowest BCUT2D eigenvalue weighted by Gasteiger charge is -2.22. The highest BCUT2D eigenvalue weighted by molar-refractivity contribution is 5.97. The predicted molar refractivity (Wildman–Crippen MR) is 572 cm³/mol. The van der Waals surface area contributed by atoms with Gasteiger partial charge in [-0.25, -0.2) is 59.4 Å². The van der Waals surface area contributed by atoms with Crippen LogP contribution in [-0.4, -0.2) is 44.9 Å². The molecule has 0 unspecified atom stereocenters. The minimum Gasteiger partial charge on any atom is -0.238 e. The molecule has 12 nitrogen and oxygen atoms in total. The first-order chi connectivity index (χ1) is 69.0. The Morgan fingerprint density at radius 3 is 0.745 bits per heavy atom. The molecule has 3 heterocycles. The summed E-state index contributed by atoms with van der Waals surface area (Å²) < 4.78 is 0. The van der Waals surface area contributed by atoms with Crippen LogP contribution in [0.15, 0.2) is 437 Å². The lowest BCUT2D eigenvalue weighted by atomic mass is 9.81. The van der Waals surface area contributed by atoms with Gasteiger partial charge >= 0.3 is 0 Å². The van der Waals surface area contributed by atoms with Crippen molar-refractivity contribution in [3.05, 3.63) is 504 Å². The molecule has 0 spiro atoms. The minimum atomic E-state index is -0.206. The molecule has 0 atom stereocenters. The van der Waals surface area contributed by atoms with Crippen LogP contribution < -0.4 is 0 Å². The Labute approximate surface area is 821 Å². The normalized spacial score (nSPS) is 12.6. The van der Waals surface area contributed by atoms with Crippen molar-refractivity contribution in [2.75, 3.05) is 0 Å². The highest BCUT2D eigenvalue weighted by atomic mass is 15.1. The first kappa shape index (κ1) is 87.8. The van der Waals surface area contributed by atoms with E-state index in [1.54, 1.807) is 0 Å². The molecule has 3 aliphatic rings. The van der Waals surface area contributed by atoms with Crippen LogP contribution in [0.4, 0.5) is 17.1 Å². The van der Waals surface area contributed by atoms with Crippen LogP contribution >= 0.6 is 0 Å². The van der Waals surface area contributed by atoms with Crippen LogP contribution in [-0.2, 0) is 16.2 Å². The number of fused-ring (bicyclic) bond motifs is 9. The second-order valence-corrected chi connectivity index (χ2v) is 37.2. The van der Waals surface area contributed by atoms with Gasteiger partial charge in [0.2, 0.25) is 0 Å². The van der Waals surface area contributed by atoms with Crippen LogP contribution in [0.5, 0.6) is 0 Å². The van der Waals surface area contributed by atoms with Gasteiger partial charge in [0, 0.05) is 66.3 Å². The average Bonchev–Trinajstić information content (AvgIpc) is 1.57. The summed E-state index contributed by atoms with van der Waals surface area (Å²) in [5.41, 5.74) is 37.3. The fourth-order valence-corrected chi connectivity index (χ4v) is 20.1. The quantitative estimate of drug-likeness (QED) is 0.0921. The van der Waals surface area contributed by atoms with Crippen LogP contribution in [0.3, 0.4) is 0 Å². The number of rotatable bonds is 15. The van der Waals surface area contributed by atoms with Gasteiger partial charge in [-0.15, -0.1) is 0 Å². The minimum absolute atomic E-state index is 0.181. The number of hydrogen-bond acceptors (Lipinski definition) is 9. The molecule has 0 amide bonds. The Morgan fingerprint density at radius 2 is 0.397 bits per heavy atom. The number of nitrogens with zero attached hydrogens (tertiary/aromatic N) is 12. The molecule has 0 bridgehead atoms. The molecule has 0 fully saturated rings. The zero-order chi connectivity index (χ0) is 95.9. The van der Waals surface area contributed by atoms with E-state index in [2.05, 4.69) is 347 Å². The second-order valence-electron chi connectivity index (χ2n) is 37.2. The summed E-state index contributed by atoms with van der Waals surface area (Å²) in [5.74, 6) is 5.64. The van der Waals surface area contributed by atoms with E-state index in [4.69, 9.17) is 64.6 Å². The van der Waals surface area contributed by atoms with Crippen molar-refractivity contribution in [1.29, 1.82) is 0 Å². The molecule has 141 heavy (non-hydrogen) atoms. The van der Waals surface area contributed by atoms with Crippen molar-refractivity contribution in [1.82, 2.24) is 44.9 Å². The van der Waals surface area contributed by atoms with Gasteiger partial charge in [-0.1, -0.05) is 430 Å². The first-order valence-electron chi connectivity index (χ1n) is 47.2. The number of benzene rings is 18. The Balaban J connectivity index is 0.000000122. The molecule has 18 aromatic carbocycles. The molecule has 3 aliphatic carbocycles. The predicted octanol–water partition coefficient (Wildman–Crippen LogP) is 33.2. The van der Waals surface area contributed by atoms with Crippen molar-refractivity contribution in [2.24, 2.45) is 0 Å². The van der Waals surface area contributed by atoms with Gasteiger partial charge in [0.15, 0.2) is 69.5 Å². The fourth-order valence-electron chi connectivity index (χ4n) is 20.1. The highest BCUT2D eigenvalue weighted by Gasteiger charge is 2.40.